The fourth-order valence-electron chi connectivity index (χ4n) is 4.57. The third kappa shape index (κ3) is 4.43. The lowest BCUT2D eigenvalue weighted by Crippen LogP contribution is -2.61. The van der Waals surface area contributed by atoms with Gasteiger partial charge in [0.25, 0.3) is 5.91 Å². The van der Waals surface area contributed by atoms with E-state index in [4.69, 9.17) is 15.2 Å². The van der Waals surface area contributed by atoms with Crippen LogP contribution in [0.5, 0.6) is 0 Å². The molecule has 8 heteroatoms. The van der Waals surface area contributed by atoms with Crippen LogP contribution >= 0.6 is 0 Å². The van der Waals surface area contributed by atoms with Gasteiger partial charge in [0.05, 0.1) is 6.42 Å². The van der Waals surface area contributed by atoms with E-state index in [1.165, 1.54) is 10.5 Å². The van der Waals surface area contributed by atoms with Crippen LogP contribution in [0.25, 0.3) is 0 Å². The molecule has 2 aromatic carbocycles. The predicted molar refractivity (Wildman–Crippen MR) is 122 cm³/mol. The van der Waals surface area contributed by atoms with Crippen molar-refractivity contribution in [3.05, 3.63) is 64.7 Å². The summed E-state index contributed by atoms with van der Waals surface area (Å²) in [6, 6.07) is 13.5. The minimum atomic E-state index is -1.74. The Labute approximate surface area is 193 Å². The number of carbonyl (C=O) groups excluding carboxylic acids is 3. The van der Waals surface area contributed by atoms with Crippen LogP contribution in [0.3, 0.4) is 0 Å². The number of ether oxygens (including phenoxy) is 2. The first-order chi connectivity index (χ1) is 15.7. The number of likely N-dealkylation sites (N-methyl/N-ethyl adjacent to an activating group) is 1. The molecule has 2 aromatic rings. The van der Waals surface area contributed by atoms with Gasteiger partial charge >= 0.3 is 17.8 Å². The van der Waals surface area contributed by atoms with Crippen LogP contribution in [0.2, 0.25) is 0 Å². The molecule has 174 valence electrons. The number of amides is 1. The maximum Gasteiger partial charge on any atom is 0.422 e. The van der Waals surface area contributed by atoms with E-state index in [0.29, 0.717) is 17.7 Å². The monoisotopic (exact) mass is 451 g/mol. The van der Waals surface area contributed by atoms with Crippen molar-refractivity contribution in [1.29, 1.82) is 0 Å². The highest BCUT2D eigenvalue weighted by Crippen LogP contribution is 2.38. The number of anilines is 1. The van der Waals surface area contributed by atoms with Crippen molar-refractivity contribution >= 4 is 23.5 Å². The van der Waals surface area contributed by atoms with E-state index < -0.39 is 17.8 Å². The Bertz CT molecular complexity index is 1050. The topological polar surface area (TPSA) is 102 Å². The molecule has 8 nitrogen and oxygen atoms in total. The molecule has 2 aliphatic heterocycles. The third-order valence-electron chi connectivity index (χ3n) is 6.57. The minimum Gasteiger partial charge on any atom is -0.398 e. The number of esters is 2. The van der Waals surface area contributed by atoms with Crippen molar-refractivity contribution in [2.24, 2.45) is 0 Å². The number of likely N-dealkylation sites (tertiary alicyclic amines) is 1. The summed E-state index contributed by atoms with van der Waals surface area (Å²) in [5, 5.41) is 0. The van der Waals surface area contributed by atoms with Gasteiger partial charge in [0.15, 0.2) is 0 Å². The summed E-state index contributed by atoms with van der Waals surface area (Å²) < 4.78 is 10.9. The Morgan fingerprint density at radius 2 is 1.73 bits per heavy atom. The fraction of sp³-hybridized carbons (Fsp3) is 0.400. The van der Waals surface area contributed by atoms with Crippen molar-refractivity contribution in [2.45, 2.75) is 45.1 Å². The van der Waals surface area contributed by atoms with Crippen LogP contribution in [0.1, 0.15) is 39.9 Å². The number of hydrogen-bond donors (Lipinski definition) is 1. The second-order valence-electron chi connectivity index (χ2n) is 8.84. The number of nitrogens with zero attached hydrogens (tertiary/aromatic N) is 2. The first-order valence-corrected chi connectivity index (χ1v) is 11.1. The van der Waals surface area contributed by atoms with Crippen molar-refractivity contribution in [3.63, 3.8) is 0 Å². The van der Waals surface area contributed by atoms with Gasteiger partial charge in [-0.3, -0.25) is 9.69 Å². The Morgan fingerprint density at radius 1 is 1.12 bits per heavy atom. The molecule has 1 amide bonds. The van der Waals surface area contributed by atoms with Crippen molar-refractivity contribution in [1.82, 2.24) is 9.80 Å². The molecular weight excluding hydrogens is 422 g/mol. The number of piperidine rings is 1. The summed E-state index contributed by atoms with van der Waals surface area (Å²) in [6.07, 6.45) is 1.70. The van der Waals surface area contributed by atoms with Gasteiger partial charge in [-0.25, -0.2) is 9.59 Å². The molecule has 0 aromatic heterocycles. The molecule has 2 saturated heterocycles. The molecule has 0 aliphatic carbocycles. The fourth-order valence-corrected chi connectivity index (χ4v) is 4.57. The standard InChI is InChI=1S/C25H29N3O5/c1-16-13-19(14-17(2)21(16)26)22(29)28-12-10-20(15-25(28)32-23(30)24(31)33-25)27(3)11-9-18-7-5-4-6-8-18/h4-8,13-14,20H,9-12,15,26H2,1-3H3. The van der Waals surface area contributed by atoms with Crippen LogP contribution in [0.4, 0.5) is 5.69 Å². The quantitative estimate of drug-likeness (QED) is 0.423. The van der Waals surface area contributed by atoms with Crippen molar-refractivity contribution in [2.75, 3.05) is 25.9 Å². The van der Waals surface area contributed by atoms with Gasteiger partial charge in [0, 0.05) is 30.4 Å². The summed E-state index contributed by atoms with van der Waals surface area (Å²) >= 11 is 0. The van der Waals surface area contributed by atoms with Crippen LogP contribution in [0.15, 0.2) is 42.5 Å². The van der Waals surface area contributed by atoms with E-state index in [1.54, 1.807) is 12.1 Å². The maximum atomic E-state index is 13.5. The smallest absolute Gasteiger partial charge is 0.398 e. The van der Waals surface area contributed by atoms with Crippen molar-refractivity contribution in [3.8, 4) is 0 Å². The number of nitrogens with two attached hydrogens (primary N) is 1. The highest BCUT2D eigenvalue weighted by molar-refractivity contribution is 6.31. The molecule has 2 aliphatic rings. The Balaban J connectivity index is 1.55. The lowest BCUT2D eigenvalue weighted by Gasteiger charge is -2.45. The first kappa shape index (κ1) is 22.8. The number of benzene rings is 2. The van der Waals surface area contributed by atoms with Crippen LogP contribution in [-0.4, -0.2) is 59.7 Å². The molecule has 4 rings (SSSR count). The molecule has 2 heterocycles. The van der Waals surface area contributed by atoms with Gasteiger partial charge in [-0.05, 0) is 62.6 Å². The molecule has 1 spiro atoms. The summed E-state index contributed by atoms with van der Waals surface area (Å²) in [4.78, 5) is 41.0. The van der Waals surface area contributed by atoms with Gasteiger partial charge in [0.2, 0.25) is 0 Å². The lowest BCUT2D eigenvalue weighted by atomic mass is 9.97. The van der Waals surface area contributed by atoms with Gasteiger partial charge in [-0.2, -0.15) is 0 Å². The first-order valence-electron chi connectivity index (χ1n) is 11.1. The molecule has 0 bridgehead atoms. The number of hydrogen-bond acceptors (Lipinski definition) is 7. The van der Waals surface area contributed by atoms with E-state index in [0.717, 1.165) is 24.1 Å². The van der Waals surface area contributed by atoms with E-state index >= 15 is 0 Å². The summed E-state index contributed by atoms with van der Waals surface area (Å²) in [5.41, 5.74) is 9.85. The van der Waals surface area contributed by atoms with E-state index in [-0.39, 0.29) is 24.9 Å². The van der Waals surface area contributed by atoms with Gasteiger partial charge in [0.1, 0.15) is 0 Å². The number of nitrogen functional groups attached to an aromatic ring is 1. The zero-order valence-corrected chi connectivity index (χ0v) is 19.2. The second kappa shape index (κ2) is 8.86. The zero-order chi connectivity index (χ0) is 23.8. The molecule has 1 unspecified atom stereocenters. The Hall–Kier alpha value is -3.39. The lowest BCUT2D eigenvalue weighted by molar-refractivity contribution is -0.255. The molecule has 0 radical (unpaired) electrons. The number of rotatable bonds is 5. The number of aryl methyl sites for hydroxylation is 2. The predicted octanol–water partition coefficient (Wildman–Crippen LogP) is 2.42. The van der Waals surface area contributed by atoms with E-state index in [2.05, 4.69) is 17.0 Å². The van der Waals surface area contributed by atoms with Gasteiger partial charge < -0.3 is 20.1 Å². The van der Waals surface area contributed by atoms with Crippen LogP contribution < -0.4 is 5.73 Å². The van der Waals surface area contributed by atoms with E-state index in [1.807, 2.05) is 39.1 Å². The average molecular weight is 452 g/mol. The van der Waals surface area contributed by atoms with Gasteiger partial charge in [-0.1, -0.05) is 30.3 Å². The normalized spacial score (nSPS) is 19.6. The van der Waals surface area contributed by atoms with Crippen molar-refractivity contribution < 1.29 is 23.9 Å². The van der Waals surface area contributed by atoms with Gasteiger partial charge in [-0.15, -0.1) is 0 Å². The van der Waals surface area contributed by atoms with Crippen LogP contribution in [-0.2, 0) is 25.5 Å². The zero-order valence-electron chi connectivity index (χ0n) is 19.2. The summed E-state index contributed by atoms with van der Waals surface area (Å²) in [6.45, 7) is 4.72. The molecule has 2 fully saturated rings. The third-order valence-corrected chi connectivity index (χ3v) is 6.57. The second-order valence-corrected chi connectivity index (χ2v) is 8.84. The Morgan fingerprint density at radius 3 is 2.33 bits per heavy atom. The molecule has 0 saturated carbocycles. The molecule has 2 N–H and O–H groups in total. The minimum absolute atomic E-state index is 0.0358. The Kier molecular flexibility index (Phi) is 6.12. The largest absolute Gasteiger partial charge is 0.422 e. The number of carbonyl (C=O) groups is 3. The average Bonchev–Trinajstić information content (AvgIpc) is 3.08. The van der Waals surface area contributed by atoms with Crippen LogP contribution in [0, 0.1) is 13.8 Å². The maximum absolute atomic E-state index is 13.5. The van der Waals surface area contributed by atoms with E-state index in [9.17, 15) is 14.4 Å². The summed E-state index contributed by atoms with van der Waals surface area (Å²) in [7, 11) is 1.99. The molecule has 1 atom stereocenters. The summed E-state index contributed by atoms with van der Waals surface area (Å²) in [5.74, 6) is -4.26. The molecule has 33 heavy (non-hydrogen) atoms. The highest BCUT2D eigenvalue weighted by Gasteiger charge is 2.58. The molecular formula is C25H29N3O5. The highest BCUT2D eigenvalue weighted by atomic mass is 16.8. The SMILES string of the molecule is Cc1cc(C(=O)N2CCC(N(C)CCc3ccccc3)CC23OC(=O)C(=O)O3)cc(C)c1N.